The van der Waals surface area contributed by atoms with E-state index in [9.17, 15) is 13.6 Å². The number of amides is 1. The molecule has 0 spiro atoms. The predicted molar refractivity (Wildman–Crippen MR) is 99.8 cm³/mol. The first-order chi connectivity index (χ1) is 14.1. The average Bonchev–Trinajstić information content (AvgIpc) is 3.33. The number of aromatic nitrogens is 2. The van der Waals surface area contributed by atoms with E-state index in [1.54, 1.807) is 12.1 Å². The number of carbonyl (C=O) groups is 1. The fraction of sp³-hybridized carbons (Fsp3) is 0.286. The highest BCUT2D eigenvalue weighted by Gasteiger charge is 2.36. The van der Waals surface area contributed by atoms with Crippen molar-refractivity contribution >= 4 is 5.91 Å². The van der Waals surface area contributed by atoms with Gasteiger partial charge >= 0.3 is 0 Å². The molecule has 1 aliphatic heterocycles. The Hall–Kier alpha value is -3.29. The van der Waals surface area contributed by atoms with E-state index in [1.807, 2.05) is 19.1 Å². The highest BCUT2D eigenvalue weighted by molar-refractivity contribution is 5.78. The van der Waals surface area contributed by atoms with Crippen molar-refractivity contribution in [2.45, 2.75) is 32.4 Å². The van der Waals surface area contributed by atoms with E-state index < -0.39 is 17.7 Å². The number of nitrogens with zero attached hydrogens (tertiary/aromatic N) is 3. The van der Waals surface area contributed by atoms with Crippen LogP contribution in [-0.4, -0.2) is 27.6 Å². The van der Waals surface area contributed by atoms with E-state index in [4.69, 9.17) is 9.26 Å². The van der Waals surface area contributed by atoms with Gasteiger partial charge in [-0.1, -0.05) is 11.2 Å². The van der Waals surface area contributed by atoms with Crippen LogP contribution in [0.1, 0.15) is 37.3 Å². The highest BCUT2D eigenvalue weighted by Crippen LogP contribution is 2.35. The second-order valence-electron chi connectivity index (χ2n) is 6.69. The zero-order valence-electron chi connectivity index (χ0n) is 15.8. The Kier molecular flexibility index (Phi) is 5.24. The molecule has 29 heavy (non-hydrogen) atoms. The topological polar surface area (TPSA) is 68.5 Å². The second-order valence-corrected chi connectivity index (χ2v) is 6.69. The molecule has 1 aromatic heterocycles. The smallest absolute Gasteiger partial charge is 0.249 e. The lowest BCUT2D eigenvalue weighted by atomic mass is 10.1. The van der Waals surface area contributed by atoms with Crippen LogP contribution < -0.4 is 4.74 Å². The summed E-state index contributed by atoms with van der Waals surface area (Å²) in [6, 6.07) is 10.3. The molecular weight excluding hydrogens is 380 g/mol. The first kappa shape index (κ1) is 19.0. The standard InChI is InChI=1S/C21H19F2N3O3/c1-2-28-14-8-6-13(7-9-14)20-24-21(29-25-20)18-10-11-19(27)26(18)12-15-16(22)4-3-5-17(15)23/h3-9,18H,2,10-12H2,1H3. The van der Waals surface area contributed by atoms with Crippen LogP contribution in [0.4, 0.5) is 8.78 Å². The van der Waals surface area contributed by atoms with Gasteiger partial charge in [0.1, 0.15) is 23.4 Å². The lowest BCUT2D eigenvalue weighted by molar-refractivity contribution is -0.130. The van der Waals surface area contributed by atoms with Crippen molar-refractivity contribution in [1.82, 2.24) is 15.0 Å². The van der Waals surface area contributed by atoms with Gasteiger partial charge in [-0.05, 0) is 49.7 Å². The molecule has 0 radical (unpaired) electrons. The van der Waals surface area contributed by atoms with Crippen molar-refractivity contribution in [2.75, 3.05) is 6.61 Å². The Morgan fingerprint density at radius 2 is 1.90 bits per heavy atom. The van der Waals surface area contributed by atoms with Gasteiger partial charge in [-0.3, -0.25) is 4.79 Å². The molecule has 2 aromatic carbocycles. The van der Waals surface area contributed by atoms with E-state index in [-0.39, 0.29) is 30.3 Å². The summed E-state index contributed by atoms with van der Waals surface area (Å²) >= 11 is 0. The third kappa shape index (κ3) is 3.83. The first-order valence-corrected chi connectivity index (χ1v) is 9.36. The number of rotatable bonds is 6. The Morgan fingerprint density at radius 3 is 2.59 bits per heavy atom. The van der Waals surface area contributed by atoms with Gasteiger partial charge < -0.3 is 14.2 Å². The molecule has 150 valence electrons. The van der Waals surface area contributed by atoms with Crippen LogP contribution in [0.15, 0.2) is 47.0 Å². The van der Waals surface area contributed by atoms with Gasteiger partial charge in [0.25, 0.3) is 0 Å². The van der Waals surface area contributed by atoms with E-state index in [0.29, 0.717) is 18.9 Å². The third-order valence-corrected chi connectivity index (χ3v) is 4.87. The van der Waals surface area contributed by atoms with E-state index >= 15 is 0 Å². The summed E-state index contributed by atoms with van der Waals surface area (Å²) in [5.74, 6) is -0.234. The van der Waals surface area contributed by atoms with E-state index in [2.05, 4.69) is 10.1 Å². The van der Waals surface area contributed by atoms with Gasteiger partial charge in [-0.25, -0.2) is 8.78 Å². The fourth-order valence-electron chi connectivity index (χ4n) is 3.40. The Bertz CT molecular complexity index is 1000. The number of hydrogen-bond donors (Lipinski definition) is 0. The molecule has 0 saturated carbocycles. The van der Waals surface area contributed by atoms with Crippen LogP contribution >= 0.6 is 0 Å². The molecule has 3 aromatic rings. The minimum absolute atomic E-state index is 0.154. The number of likely N-dealkylation sites (tertiary alicyclic amines) is 1. The highest BCUT2D eigenvalue weighted by atomic mass is 19.1. The molecule has 1 saturated heterocycles. The van der Waals surface area contributed by atoms with E-state index in [1.165, 1.54) is 23.1 Å². The summed E-state index contributed by atoms with van der Waals surface area (Å²) in [6.07, 6.45) is 0.696. The molecule has 8 heteroatoms. The minimum atomic E-state index is -0.691. The molecule has 6 nitrogen and oxygen atoms in total. The monoisotopic (exact) mass is 399 g/mol. The predicted octanol–water partition coefficient (Wildman–Crippen LogP) is 4.28. The van der Waals surface area contributed by atoms with Crippen molar-refractivity contribution in [2.24, 2.45) is 0 Å². The van der Waals surface area contributed by atoms with Gasteiger partial charge in [-0.2, -0.15) is 4.98 Å². The van der Waals surface area contributed by atoms with Crippen molar-refractivity contribution in [3.63, 3.8) is 0 Å². The van der Waals surface area contributed by atoms with Crippen LogP contribution in [0.3, 0.4) is 0 Å². The average molecular weight is 399 g/mol. The fourth-order valence-corrected chi connectivity index (χ4v) is 3.40. The van der Waals surface area contributed by atoms with Crippen LogP contribution in [0.25, 0.3) is 11.4 Å². The molecule has 1 amide bonds. The SMILES string of the molecule is CCOc1ccc(-c2noc(C3CCC(=O)N3Cc3c(F)cccc3F)n2)cc1. The lowest BCUT2D eigenvalue weighted by Crippen LogP contribution is -2.28. The van der Waals surface area contributed by atoms with E-state index in [0.717, 1.165) is 11.3 Å². The van der Waals surface area contributed by atoms with Gasteiger partial charge in [-0.15, -0.1) is 0 Å². The van der Waals surface area contributed by atoms with Crippen molar-refractivity contribution < 1.29 is 22.8 Å². The maximum absolute atomic E-state index is 14.0. The van der Waals surface area contributed by atoms with Crippen LogP contribution in [0.5, 0.6) is 5.75 Å². The quantitative estimate of drug-likeness (QED) is 0.619. The summed E-state index contributed by atoms with van der Waals surface area (Å²) < 4.78 is 38.9. The number of ether oxygens (including phenoxy) is 1. The molecule has 1 atom stereocenters. The minimum Gasteiger partial charge on any atom is -0.494 e. The number of carbonyl (C=O) groups excluding carboxylic acids is 1. The summed E-state index contributed by atoms with van der Waals surface area (Å²) in [5, 5.41) is 4.00. The zero-order valence-corrected chi connectivity index (χ0v) is 15.8. The van der Waals surface area contributed by atoms with Crippen molar-refractivity contribution in [1.29, 1.82) is 0 Å². The van der Waals surface area contributed by atoms with Gasteiger partial charge in [0.15, 0.2) is 0 Å². The normalized spacial score (nSPS) is 16.4. The largest absolute Gasteiger partial charge is 0.494 e. The van der Waals surface area contributed by atoms with Gasteiger partial charge in [0.05, 0.1) is 13.2 Å². The van der Waals surface area contributed by atoms with Crippen molar-refractivity contribution in [3.05, 3.63) is 65.6 Å². The molecule has 1 aliphatic rings. The molecule has 0 aliphatic carbocycles. The molecule has 2 heterocycles. The lowest BCUT2D eigenvalue weighted by Gasteiger charge is -2.22. The summed E-state index contributed by atoms with van der Waals surface area (Å²) in [5.41, 5.74) is 0.582. The maximum Gasteiger partial charge on any atom is 0.249 e. The summed E-state index contributed by atoms with van der Waals surface area (Å²) in [4.78, 5) is 18.1. The number of halogens is 2. The Balaban J connectivity index is 1.57. The Morgan fingerprint density at radius 1 is 1.17 bits per heavy atom. The Labute approximate surface area is 166 Å². The summed E-state index contributed by atoms with van der Waals surface area (Å²) in [6.45, 7) is 2.28. The molecule has 1 unspecified atom stereocenters. The summed E-state index contributed by atoms with van der Waals surface area (Å²) in [7, 11) is 0. The molecule has 0 bridgehead atoms. The van der Waals surface area contributed by atoms with Crippen LogP contribution in [0.2, 0.25) is 0 Å². The van der Waals surface area contributed by atoms with Crippen LogP contribution in [-0.2, 0) is 11.3 Å². The van der Waals surface area contributed by atoms with Crippen LogP contribution in [0, 0.1) is 11.6 Å². The van der Waals surface area contributed by atoms with Gasteiger partial charge in [0.2, 0.25) is 17.6 Å². The second kappa shape index (κ2) is 7.98. The van der Waals surface area contributed by atoms with Crippen molar-refractivity contribution in [3.8, 4) is 17.1 Å². The first-order valence-electron chi connectivity index (χ1n) is 9.36. The molecule has 0 N–H and O–H groups in total. The molecular formula is C21H19F2N3O3. The zero-order chi connectivity index (χ0) is 20.4. The third-order valence-electron chi connectivity index (χ3n) is 4.87. The maximum atomic E-state index is 14.0. The van der Waals surface area contributed by atoms with Gasteiger partial charge in [0, 0.05) is 17.5 Å². The molecule has 4 rings (SSSR count). The number of benzene rings is 2. The number of hydrogen-bond acceptors (Lipinski definition) is 5. The molecule has 1 fully saturated rings.